The van der Waals surface area contributed by atoms with Crippen molar-refractivity contribution in [3.63, 3.8) is 0 Å². The van der Waals surface area contributed by atoms with Gasteiger partial charge in [-0.15, -0.1) is 0 Å². The van der Waals surface area contributed by atoms with Crippen molar-refractivity contribution in [1.29, 1.82) is 0 Å². The Balaban J connectivity index is 1.56. The number of benzene rings is 1. The molecule has 0 aliphatic carbocycles. The second-order valence-electron chi connectivity index (χ2n) is 8.69. The molecule has 7 nitrogen and oxygen atoms in total. The minimum Gasteiger partial charge on any atom is -0.343 e. The lowest BCUT2D eigenvalue weighted by Crippen LogP contribution is -2.36. The van der Waals surface area contributed by atoms with Gasteiger partial charge < -0.3 is 9.47 Å². The Morgan fingerprint density at radius 3 is 2.63 bits per heavy atom. The standard InChI is InChI=1S/C23H28N6O/c1-26(2)23(30)21-20-11-18-9-10-19(28(18)14-16-12-24-27(3)13-16)15-29(20)22(25-21)17-7-5-4-6-8-17/h4-8,12-13,18-19H,9-11,14-15H2,1-3H3/t18-,19+/m0/s1. The summed E-state index contributed by atoms with van der Waals surface area (Å²) in [7, 11) is 5.56. The highest BCUT2D eigenvalue weighted by Crippen LogP contribution is 2.36. The zero-order valence-corrected chi connectivity index (χ0v) is 17.8. The zero-order valence-electron chi connectivity index (χ0n) is 17.8. The molecule has 3 aromatic rings. The van der Waals surface area contributed by atoms with Gasteiger partial charge in [0.1, 0.15) is 11.5 Å². The third kappa shape index (κ3) is 3.23. The van der Waals surface area contributed by atoms with Gasteiger partial charge in [0.2, 0.25) is 0 Å². The number of amides is 1. The van der Waals surface area contributed by atoms with E-state index in [9.17, 15) is 4.79 Å². The van der Waals surface area contributed by atoms with Crippen LogP contribution < -0.4 is 0 Å². The molecule has 2 aromatic heterocycles. The van der Waals surface area contributed by atoms with E-state index in [1.807, 2.05) is 36.1 Å². The first-order chi connectivity index (χ1) is 14.5. The molecule has 2 aliphatic rings. The van der Waals surface area contributed by atoms with E-state index in [0.717, 1.165) is 43.0 Å². The number of carbonyl (C=O) groups is 1. The van der Waals surface area contributed by atoms with E-state index < -0.39 is 0 Å². The molecule has 0 unspecified atom stereocenters. The van der Waals surface area contributed by atoms with Crippen molar-refractivity contribution in [3.05, 3.63) is 59.7 Å². The minimum atomic E-state index is -0.0162. The highest BCUT2D eigenvalue weighted by molar-refractivity contribution is 5.94. The monoisotopic (exact) mass is 404 g/mol. The summed E-state index contributed by atoms with van der Waals surface area (Å²) in [5.41, 5.74) is 3.99. The van der Waals surface area contributed by atoms with Gasteiger partial charge in [-0.1, -0.05) is 30.3 Å². The smallest absolute Gasteiger partial charge is 0.273 e. The highest BCUT2D eigenvalue weighted by Gasteiger charge is 2.40. The number of rotatable bonds is 4. The lowest BCUT2D eigenvalue weighted by molar-refractivity contribution is 0.0821. The molecule has 4 heterocycles. The van der Waals surface area contributed by atoms with Crippen LogP contribution in [0, 0.1) is 0 Å². The topological polar surface area (TPSA) is 59.2 Å². The Kier molecular flexibility index (Phi) is 4.70. The van der Waals surface area contributed by atoms with E-state index in [1.54, 1.807) is 19.0 Å². The summed E-state index contributed by atoms with van der Waals surface area (Å²) in [4.78, 5) is 22.1. The second kappa shape index (κ2) is 7.40. The molecule has 2 bridgehead atoms. The van der Waals surface area contributed by atoms with Crippen LogP contribution in [0.1, 0.15) is 34.6 Å². The van der Waals surface area contributed by atoms with Gasteiger partial charge >= 0.3 is 0 Å². The molecule has 2 atom stereocenters. The van der Waals surface area contributed by atoms with E-state index >= 15 is 0 Å². The molecule has 0 N–H and O–H groups in total. The molecule has 0 spiro atoms. The maximum atomic E-state index is 13.0. The van der Waals surface area contributed by atoms with E-state index in [0.29, 0.717) is 17.8 Å². The molecular weight excluding hydrogens is 376 g/mol. The first-order valence-corrected chi connectivity index (χ1v) is 10.6. The van der Waals surface area contributed by atoms with Crippen LogP contribution >= 0.6 is 0 Å². The average Bonchev–Trinajstić information content (AvgIpc) is 3.38. The van der Waals surface area contributed by atoms with Crippen LogP contribution in [0.5, 0.6) is 0 Å². The molecule has 1 amide bonds. The van der Waals surface area contributed by atoms with Gasteiger partial charge in [-0.05, 0) is 12.8 Å². The van der Waals surface area contributed by atoms with Crippen molar-refractivity contribution in [3.8, 4) is 11.4 Å². The molecule has 1 fully saturated rings. The second-order valence-corrected chi connectivity index (χ2v) is 8.69. The van der Waals surface area contributed by atoms with Crippen LogP contribution in [0.15, 0.2) is 42.7 Å². The van der Waals surface area contributed by atoms with Gasteiger partial charge in [0.15, 0.2) is 0 Å². The Hall–Kier alpha value is -2.93. The van der Waals surface area contributed by atoms with Gasteiger partial charge in [-0.2, -0.15) is 5.10 Å². The summed E-state index contributed by atoms with van der Waals surface area (Å²) in [6, 6.07) is 11.1. The molecule has 5 rings (SSSR count). The van der Waals surface area contributed by atoms with Crippen LogP contribution in [-0.4, -0.2) is 61.2 Å². The summed E-state index contributed by atoms with van der Waals surface area (Å²) in [5.74, 6) is 0.891. The predicted molar refractivity (Wildman–Crippen MR) is 115 cm³/mol. The quantitative estimate of drug-likeness (QED) is 0.671. The third-order valence-corrected chi connectivity index (χ3v) is 6.43. The lowest BCUT2D eigenvalue weighted by atomic mass is 10.0. The summed E-state index contributed by atoms with van der Waals surface area (Å²) in [6.45, 7) is 1.77. The Bertz CT molecular complexity index is 1070. The molecule has 1 aromatic carbocycles. The fourth-order valence-corrected chi connectivity index (χ4v) is 4.97. The number of hydrogen-bond donors (Lipinski definition) is 0. The molecule has 2 aliphatic heterocycles. The number of aryl methyl sites for hydroxylation is 1. The first-order valence-electron chi connectivity index (χ1n) is 10.6. The maximum absolute atomic E-state index is 13.0. The van der Waals surface area contributed by atoms with Crippen molar-refractivity contribution >= 4 is 5.91 Å². The van der Waals surface area contributed by atoms with Crippen molar-refractivity contribution in [2.24, 2.45) is 7.05 Å². The van der Waals surface area contributed by atoms with Crippen LogP contribution in [0.25, 0.3) is 11.4 Å². The normalized spacial score (nSPS) is 20.8. The summed E-state index contributed by atoms with van der Waals surface area (Å²) in [6.07, 6.45) is 7.25. The molecule has 1 saturated heterocycles. The van der Waals surface area contributed by atoms with Crippen LogP contribution in [0.2, 0.25) is 0 Å². The van der Waals surface area contributed by atoms with E-state index in [4.69, 9.17) is 4.98 Å². The Morgan fingerprint density at radius 2 is 1.93 bits per heavy atom. The molecule has 156 valence electrons. The summed E-state index contributed by atoms with van der Waals surface area (Å²) >= 11 is 0. The third-order valence-electron chi connectivity index (χ3n) is 6.43. The first kappa shape index (κ1) is 19.1. The number of carbonyl (C=O) groups excluding carboxylic acids is 1. The van der Waals surface area contributed by atoms with Crippen LogP contribution in [0.4, 0.5) is 0 Å². The Labute approximate surface area is 176 Å². The summed E-state index contributed by atoms with van der Waals surface area (Å²) < 4.78 is 4.18. The number of aromatic nitrogens is 4. The number of imidazole rings is 1. The lowest BCUT2D eigenvalue weighted by Gasteiger charge is -2.27. The largest absolute Gasteiger partial charge is 0.343 e. The van der Waals surface area contributed by atoms with E-state index in [-0.39, 0.29) is 5.91 Å². The number of fused-ring (bicyclic) bond motifs is 3. The minimum absolute atomic E-state index is 0.0162. The highest BCUT2D eigenvalue weighted by atomic mass is 16.2. The van der Waals surface area contributed by atoms with Gasteiger partial charge in [-0.25, -0.2) is 4.98 Å². The SMILES string of the molecule is CN(C)C(=O)c1nc(-c2ccccc2)n2c1C[C@@H]1CC[C@H](C2)N1Cc1cnn(C)c1. The molecule has 0 saturated carbocycles. The van der Waals surface area contributed by atoms with Gasteiger partial charge in [-0.3, -0.25) is 14.4 Å². The molecule has 0 radical (unpaired) electrons. The van der Waals surface area contributed by atoms with Gasteiger partial charge in [0.05, 0.1) is 11.9 Å². The predicted octanol–water partition coefficient (Wildman–Crippen LogP) is 2.57. The maximum Gasteiger partial charge on any atom is 0.273 e. The molecular formula is C23H28N6O. The van der Waals surface area contributed by atoms with Crippen LogP contribution in [0.3, 0.4) is 0 Å². The van der Waals surface area contributed by atoms with Crippen molar-refractivity contribution in [2.45, 2.75) is 44.4 Å². The molecule has 7 heteroatoms. The zero-order chi connectivity index (χ0) is 20.8. The van der Waals surface area contributed by atoms with E-state index in [1.165, 1.54) is 12.0 Å². The number of hydrogen-bond acceptors (Lipinski definition) is 4. The van der Waals surface area contributed by atoms with E-state index in [2.05, 4.69) is 32.9 Å². The fraction of sp³-hybridized carbons (Fsp3) is 0.435. The van der Waals surface area contributed by atoms with Gasteiger partial charge in [0, 0.05) is 70.1 Å². The fourth-order valence-electron chi connectivity index (χ4n) is 4.97. The van der Waals surface area contributed by atoms with Crippen molar-refractivity contribution in [1.82, 2.24) is 29.1 Å². The van der Waals surface area contributed by atoms with Crippen molar-refractivity contribution < 1.29 is 4.79 Å². The Morgan fingerprint density at radius 1 is 1.17 bits per heavy atom. The van der Waals surface area contributed by atoms with Crippen LogP contribution in [-0.2, 0) is 26.6 Å². The van der Waals surface area contributed by atoms with Crippen molar-refractivity contribution in [2.75, 3.05) is 14.1 Å². The molecule has 30 heavy (non-hydrogen) atoms. The van der Waals surface area contributed by atoms with Gasteiger partial charge in [0.25, 0.3) is 5.91 Å². The average molecular weight is 405 g/mol. The number of nitrogens with zero attached hydrogens (tertiary/aromatic N) is 6. The summed E-state index contributed by atoms with van der Waals surface area (Å²) in [5, 5.41) is 4.34.